The molecule has 1 aromatic rings. The summed E-state index contributed by atoms with van der Waals surface area (Å²) in [5.41, 5.74) is 7.04. The van der Waals surface area contributed by atoms with E-state index in [2.05, 4.69) is 6.42 Å². The molecule has 1 atom stereocenters. The summed E-state index contributed by atoms with van der Waals surface area (Å²) in [5.74, 6) is -0.273. The number of primary amides is 1. The second-order valence-electron chi connectivity index (χ2n) is 5.41. The fraction of sp³-hybridized carbons (Fsp3) is 0.400. The monoisotopic (exact) mass is 271 g/mol. The lowest BCUT2D eigenvalue weighted by Gasteiger charge is -2.26. The van der Waals surface area contributed by atoms with Crippen LogP contribution in [0, 0.1) is 12.3 Å². The Kier molecular flexibility index (Phi) is 3.12. The molecule has 104 valence electrons. The van der Waals surface area contributed by atoms with Crippen LogP contribution in [-0.4, -0.2) is 31.4 Å². The van der Waals surface area contributed by atoms with Crippen molar-refractivity contribution >= 4 is 23.2 Å². The van der Waals surface area contributed by atoms with E-state index in [0.29, 0.717) is 12.5 Å². The molecule has 2 radical (unpaired) electrons. The van der Waals surface area contributed by atoms with Gasteiger partial charge >= 0.3 is 0 Å². The third kappa shape index (κ3) is 2.24. The number of nitrogens with zero attached hydrogens (tertiary/aromatic N) is 2. The van der Waals surface area contributed by atoms with E-state index < -0.39 is 11.9 Å². The molecular weight excluding hydrogens is 254 g/mol. The van der Waals surface area contributed by atoms with Crippen molar-refractivity contribution in [3.05, 3.63) is 30.7 Å². The standard InChI is InChI=1S/C15H17N3O2/c1-17-11-4-2-3-5-12(11)18(9-10-6-7-10)14(19)8-13(17)15(16)20/h2-5,10,13H,6-7,9H2,1H3,(H2,16,20). The maximum atomic E-state index is 12.4. The van der Waals surface area contributed by atoms with Crippen molar-refractivity contribution in [1.29, 1.82) is 0 Å². The number of rotatable bonds is 3. The lowest BCUT2D eigenvalue weighted by atomic mass is 10.1. The molecule has 1 aliphatic carbocycles. The lowest BCUT2D eigenvalue weighted by molar-refractivity contribution is -0.121. The van der Waals surface area contributed by atoms with E-state index in [0.717, 1.165) is 24.2 Å². The van der Waals surface area contributed by atoms with E-state index in [9.17, 15) is 9.59 Å². The van der Waals surface area contributed by atoms with E-state index in [1.807, 2.05) is 24.3 Å². The Morgan fingerprint density at radius 3 is 2.60 bits per heavy atom. The summed E-state index contributed by atoms with van der Waals surface area (Å²) in [7, 11) is 1.76. The summed E-state index contributed by atoms with van der Waals surface area (Å²) in [4.78, 5) is 27.4. The first-order valence-corrected chi connectivity index (χ1v) is 6.77. The van der Waals surface area contributed by atoms with Crippen LogP contribution in [0.15, 0.2) is 24.3 Å². The van der Waals surface area contributed by atoms with Gasteiger partial charge in [-0.15, -0.1) is 0 Å². The minimum absolute atomic E-state index is 0.266. The van der Waals surface area contributed by atoms with Crippen molar-refractivity contribution in [2.24, 2.45) is 11.7 Å². The van der Waals surface area contributed by atoms with Crippen molar-refractivity contribution in [3.63, 3.8) is 0 Å². The average molecular weight is 271 g/mol. The average Bonchev–Trinajstić information content (AvgIpc) is 3.25. The number of carbonyl (C=O) groups is 2. The van der Waals surface area contributed by atoms with Gasteiger partial charge in [0.15, 0.2) is 0 Å². The number of para-hydroxylation sites is 2. The molecular formula is C15H17N3O2. The molecule has 1 saturated carbocycles. The molecule has 0 saturated heterocycles. The van der Waals surface area contributed by atoms with Gasteiger partial charge in [0.25, 0.3) is 0 Å². The van der Waals surface area contributed by atoms with Crippen molar-refractivity contribution in [1.82, 2.24) is 0 Å². The van der Waals surface area contributed by atoms with Gasteiger partial charge in [0.1, 0.15) is 12.5 Å². The van der Waals surface area contributed by atoms with Crippen LogP contribution in [-0.2, 0) is 9.59 Å². The summed E-state index contributed by atoms with van der Waals surface area (Å²) in [6.07, 6.45) is 5.00. The molecule has 1 aromatic carbocycles. The quantitative estimate of drug-likeness (QED) is 0.885. The van der Waals surface area contributed by atoms with Crippen LogP contribution < -0.4 is 15.5 Å². The Morgan fingerprint density at radius 1 is 1.35 bits per heavy atom. The van der Waals surface area contributed by atoms with Crippen LogP contribution in [0.4, 0.5) is 11.4 Å². The zero-order valence-electron chi connectivity index (χ0n) is 11.4. The third-order valence-electron chi connectivity index (χ3n) is 3.85. The fourth-order valence-corrected chi connectivity index (χ4v) is 2.53. The molecule has 20 heavy (non-hydrogen) atoms. The van der Waals surface area contributed by atoms with Gasteiger partial charge in [-0.25, -0.2) is 0 Å². The van der Waals surface area contributed by atoms with Gasteiger partial charge in [-0.1, -0.05) is 12.1 Å². The molecule has 2 aliphatic rings. The molecule has 0 aromatic heterocycles. The summed E-state index contributed by atoms with van der Waals surface area (Å²) in [5, 5.41) is 0. The lowest BCUT2D eigenvalue weighted by Crippen LogP contribution is -2.44. The number of fused-ring (bicyclic) bond motifs is 1. The first-order chi connectivity index (χ1) is 9.58. The van der Waals surface area contributed by atoms with E-state index in [1.54, 1.807) is 16.8 Å². The van der Waals surface area contributed by atoms with E-state index in [1.165, 1.54) is 0 Å². The molecule has 1 fully saturated rings. The number of hydrogen-bond acceptors (Lipinski definition) is 3. The molecule has 0 spiro atoms. The highest BCUT2D eigenvalue weighted by atomic mass is 16.2. The highest BCUT2D eigenvalue weighted by molar-refractivity contribution is 6.08. The highest BCUT2D eigenvalue weighted by Crippen LogP contribution is 2.37. The number of nitrogens with two attached hydrogens (primary N) is 1. The first kappa shape index (κ1) is 13.0. The van der Waals surface area contributed by atoms with Crippen LogP contribution in [0.3, 0.4) is 0 Å². The highest BCUT2D eigenvalue weighted by Gasteiger charge is 2.36. The second kappa shape index (κ2) is 4.81. The van der Waals surface area contributed by atoms with E-state index >= 15 is 0 Å². The molecule has 5 nitrogen and oxygen atoms in total. The van der Waals surface area contributed by atoms with Crippen molar-refractivity contribution in [3.8, 4) is 0 Å². The van der Waals surface area contributed by atoms with Crippen LogP contribution in [0.1, 0.15) is 12.8 Å². The molecule has 1 unspecified atom stereocenters. The number of amides is 2. The Balaban J connectivity index is 2.03. The topological polar surface area (TPSA) is 66.6 Å². The van der Waals surface area contributed by atoms with E-state index in [-0.39, 0.29) is 5.91 Å². The number of hydrogen-bond donors (Lipinski definition) is 1. The summed E-state index contributed by atoms with van der Waals surface area (Å²) >= 11 is 0. The van der Waals surface area contributed by atoms with Crippen LogP contribution in [0.5, 0.6) is 0 Å². The number of carbonyl (C=O) groups excluding carboxylic acids is 2. The summed E-state index contributed by atoms with van der Waals surface area (Å²) in [6, 6.07) is 6.75. The Bertz CT molecular complexity index is 554. The zero-order valence-corrected chi connectivity index (χ0v) is 11.4. The number of benzene rings is 1. The zero-order chi connectivity index (χ0) is 14.3. The summed E-state index contributed by atoms with van der Waals surface area (Å²) < 4.78 is 0. The van der Waals surface area contributed by atoms with Crippen molar-refractivity contribution in [2.45, 2.75) is 18.9 Å². The van der Waals surface area contributed by atoms with Gasteiger partial charge in [0.05, 0.1) is 11.4 Å². The van der Waals surface area contributed by atoms with Gasteiger partial charge in [0.2, 0.25) is 11.8 Å². The van der Waals surface area contributed by atoms with Crippen LogP contribution >= 0.6 is 0 Å². The molecule has 1 heterocycles. The SMILES string of the molecule is CN1c2ccccc2N(CC2CC2)C(=O)[C]C1C(N)=O. The van der Waals surface area contributed by atoms with Crippen LogP contribution in [0.25, 0.3) is 0 Å². The van der Waals surface area contributed by atoms with Gasteiger partial charge in [-0.2, -0.15) is 0 Å². The predicted octanol–water partition coefficient (Wildman–Crippen LogP) is 0.815. The molecule has 2 amide bonds. The van der Waals surface area contributed by atoms with Gasteiger partial charge in [-0.3, -0.25) is 9.59 Å². The minimum atomic E-state index is -0.826. The Morgan fingerprint density at radius 2 is 2.00 bits per heavy atom. The van der Waals surface area contributed by atoms with Crippen molar-refractivity contribution < 1.29 is 9.59 Å². The van der Waals surface area contributed by atoms with Crippen LogP contribution in [0.2, 0.25) is 0 Å². The normalized spacial score (nSPS) is 22.4. The maximum absolute atomic E-state index is 12.4. The van der Waals surface area contributed by atoms with Gasteiger partial charge < -0.3 is 15.5 Å². The Hall–Kier alpha value is -2.04. The van der Waals surface area contributed by atoms with Crippen molar-refractivity contribution in [2.75, 3.05) is 23.4 Å². The number of anilines is 2. The second-order valence-corrected chi connectivity index (χ2v) is 5.41. The molecule has 2 N–H and O–H groups in total. The molecule has 0 bridgehead atoms. The largest absolute Gasteiger partial charge is 0.368 e. The predicted molar refractivity (Wildman–Crippen MR) is 76.1 cm³/mol. The van der Waals surface area contributed by atoms with E-state index in [4.69, 9.17) is 5.73 Å². The maximum Gasteiger partial charge on any atom is 0.241 e. The van der Waals surface area contributed by atoms with Gasteiger partial charge in [0, 0.05) is 13.6 Å². The third-order valence-corrected chi connectivity index (χ3v) is 3.85. The fourth-order valence-electron chi connectivity index (χ4n) is 2.53. The smallest absolute Gasteiger partial charge is 0.241 e. The minimum Gasteiger partial charge on any atom is -0.368 e. The summed E-state index contributed by atoms with van der Waals surface area (Å²) in [6.45, 7) is 0.683. The Labute approximate surface area is 118 Å². The number of likely N-dealkylation sites (N-methyl/N-ethyl adjacent to an activating group) is 1. The molecule has 1 aliphatic heterocycles. The molecule has 3 rings (SSSR count). The first-order valence-electron chi connectivity index (χ1n) is 6.77. The van der Waals surface area contributed by atoms with Gasteiger partial charge in [-0.05, 0) is 30.9 Å². The molecule has 5 heteroatoms.